The molecule has 0 aromatic heterocycles. The second-order valence-electron chi connectivity index (χ2n) is 2.37. The molecule has 2 nitrogen and oxygen atoms in total. The average molecular weight is 201 g/mol. The number of benzene rings is 1. The van der Waals surface area contributed by atoms with Gasteiger partial charge in [-0.15, -0.1) is 0 Å². The van der Waals surface area contributed by atoms with E-state index in [1.165, 1.54) is 0 Å². The first kappa shape index (κ1) is 9.29. The van der Waals surface area contributed by atoms with Crippen LogP contribution in [0.5, 0.6) is 0 Å². The summed E-state index contributed by atoms with van der Waals surface area (Å²) in [5.41, 5.74) is 6.37. The Morgan fingerprint density at radius 3 is 2.33 bits per heavy atom. The van der Waals surface area contributed by atoms with Crippen molar-refractivity contribution >= 4 is 34.6 Å². The lowest BCUT2D eigenvalue weighted by molar-refractivity contribution is 1.27. The van der Waals surface area contributed by atoms with Crippen molar-refractivity contribution in [2.45, 2.75) is 0 Å². The molecule has 0 aliphatic rings. The quantitative estimate of drug-likeness (QED) is 0.704. The molecule has 0 atom stereocenters. The molecule has 0 heterocycles. The molecule has 0 aliphatic carbocycles. The summed E-state index contributed by atoms with van der Waals surface area (Å²) in [4.78, 5) is 1.71. The van der Waals surface area contributed by atoms with Gasteiger partial charge in [-0.3, -0.25) is 0 Å². The molecule has 4 heteroatoms. The number of thiocarbonyl (C=S) groups is 1. The Balaban J connectivity index is 2.89. The van der Waals surface area contributed by atoms with Crippen LogP contribution in [0.3, 0.4) is 0 Å². The van der Waals surface area contributed by atoms with Gasteiger partial charge in [0.1, 0.15) is 0 Å². The lowest BCUT2D eigenvalue weighted by Gasteiger charge is -2.16. The first-order chi connectivity index (χ1) is 5.61. The normalized spacial score (nSPS) is 9.50. The summed E-state index contributed by atoms with van der Waals surface area (Å²) in [5, 5.41) is 1.05. The van der Waals surface area contributed by atoms with Gasteiger partial charge in [-0.05, 0) is 36.5 Å². The number of anilines is 1. The molecular weight excluding hydrogens is 192 g/mol. The Morgan fingerprint density at radius 1 is 1.42 bits per heavy atom. The van der Waals surface area contributed by atoms with E-state index in [2.05, 4.69) is 0 Å². The van der Waals surface area contributed by atoms with E-state index in [0.717, 1.165) is 5.69 Å². The molecule has 64 valence electrons. The maximum Gasteiger partial charge on any atom is 0.170 e. The first-order valence-electron chi connectivity index (χ1n) is 3.40. The van der Waals surface area contributed by atoms with Crippen molar-refractivity contribution in [1.29, 1.82) is 0 Å². The third-order valence-electron chi connectivity index (χ3n) is 1.54. The number of hydrogen-bond acceptors (Lipinski definition) is 1. The SMILES string of the molecule is CN(C(N)=S)c1ccc(Cl)cc1. The van der Waals surface area contributed by atoms with Gasteiger partial charge in [0.15, 0.2) is 5.11 Å². The smallest absolute Gasteiger partial charge is 0.170 e. The third kappa shape index (κ3) is 2.09. The van der Waals surface area contributed by atoms with Gasteiger partial charge >= 0.3 is 0 Å². The van der Waals surface area contributed by atoms with Crippen LogP contribution in [0, 0.1) is 0 Å². The molecule has 1 aromatic rings. The zero-order chi connectivity index (χ0) is 9.14. The van der Waals surface area contributed by atoms with E-state index in [-0.39, 0.29) is 0 Å². The Hall–Kier alpha value is -0.800. The summed E-state index contributed by atoms with van der Waals surface area (Å²) < 4.78 is 0. The van der Waals surface area contributed by atoms with E-state index in [1.54, 1.807) is 17.0 Å². The van der Waals surface area contributed by atoms with Crippen molar-refractivity contribution in [3.8, 4) is 0 Å². The summed E-state index contributed by atoms with van der Waals surface area (Å²) >= 11 is 10.5. The molecule has 1 rings (SSSR count). The summed E-state index contributed by atoms with van der Waals surface area (Å²) in [6, 6.07) is 7.32. The Bertz CT molecular complexity index is 284. The zero-order valence-electron chi connectivity index (χ0n) is 6.62. The fourth-order valence-electron chi connectivity index (χ4n) is 0.792. The van der Waals surface area contributed by atoms with Crippen molar-refractivity contribution in [3.05, 3.63) is 29.3 Å². The van der Waals surface area contributed by atoms with Gasteiger partial charge in [0.05, 0.1) is 0 Å². The fraction of sp³-hybridized carbons (Fsp3) is 0.125. The molecule has 0 spiro atoms. The predicted molar refractivity (Wildman–Crippen MR) is 56.6 cm³/mol. The second-order valence-corrected chi connectivity index (χ2v) is 3.23. The first-order valence-corrected chi connectivity index (χ1v) is 4.18. The molecule has 1 aromatic carbocycles. The van der Waals surface area contributed by atoms with Crippen LogP contribution in [0.2, 0.25) is 5.02 Å². The molecule has 0 saturated carbocycles. The zero-order valence-corrected chi connectivity index (χ0v) is 8.19. The molecular formula is C8H9ClN2S. The van der Waals surface area contributed by atoms with Gasteiger partial charge in [0, 0.05) is 17.8 Å². The lowest BCUT2D eigenvalue weighted by Crippen LogP contribution is -2.31. The van der Waals surface area contributed by atoms with E-state index in [4.69, 9.17) is 29.6 Å². The van der Waals surface area contributed by atoms with E-state index < -0.39 is 0 Å². The Labute approximate surface area is 81.9 Å². The van der Waals surface area contributed by atoms with Crippen LogP contribution >= 0.6 is 23.8 Å². The summed E-state index contributed by atoms with van der Waals surface area (Å²) in [7, 11) is 1.81. The van der Waals surface area contributed by atoms with Crippen molar-refractivity contribution in [1.82, 2.24) is 0 Å². The van der Waals surface area contributed by atoms with Gasteiger partial charge in [-0.25, -0.2) is 0 Å². The second kappa shape index (κ2) is 3.74. The van der Waals surface area contributed by atoms with Gasteiger partial charge in [-0.1, -0.05) is 11.6 Å². The number of nitrogens with two attached hydrogens (primary N) is 1. The molecule has 12 heavy (non-hydrogen) atoms. The van der Waals surface area contributed by atoms with Crippen molar-refractivity contribution < 1.29 is 0 Å². The lowest BCUT2D eigenvalue weighted by atomic mass is 10.3. The molecule has 0 bridgehead atoms. The van der Waals surface area contributed by atoms with Crippen molar-refractivity contribution in [2.24, 2.45) is 5.73 Å². The number of halogens is 1. The summed E-state index contributed by atoms with van der Waals surface area (Å²) in [5.74, 6) is 0. The standard InChI is InChI=1S/C8H9ClN2S/c1-11(8(10)12)7-4-2-6(9)3-5-7/h2-5H,1H3,(H2,10,12). The minimum Gasteiger partial charge on any atom is -0.376 e. The van der Waals surface area contributed by atoms with Crippen LogP contribution in [-0.2, 0) is 0 Å². The van der Waals surface area contributed by atoms with E-state index in [1.807, 2.05) is 19.2 Å². The van der Waals surface area contributed by atoms with Crippen LogP contribution < -0.4 is 10.6 Å². The van der Waals surface area contributed by atoms with Gasteiger partial charge in [0.25, 0.3) is 0 Å². The highest BCUT2D eigenvalue weighted by atomic mass is 35.5. The van der Waals surface area contributed by atoms with Crippen LogP contribution in [0.15, 0.2) is 24.3 Å². The van der Waals surface area contributed by atoms with Gasteiger partial charge in [-0.2, -0.15) is 0 Å². The third-order valence-corrected chi connectivity index (χ3v) is 2.07. The fourth-order valence-corrected chi connectivity index (χ4v) is 1.02. The molecule has 0 saturated heterocycles. The minimum absolute atomic E-state index is 0.345. The molecule has 0 aliphatic heterocycles. The predicted octanol–water partition coefficient (Wildman–Crippen LogP) is 2.02. The number of hydrogen-bond donors (Lipinski definition) is 1. The molecule has 0 unspecified atom stereocenters. The van der Waals surface area contributed by atoms with E-state index >= 15 is 0 Å². The molecule has 2 N–H and O–H groups in total. The highest BCUT2D eigenvalue weighted by molar-refractivity contribution is 7.80. The number of nitrogens with zero attached hydrogens (tertiary/aromatic N) is 1. The highest BCUT2D eigenvalue weighted by Gasteiger charge is 2.01. The molecule has 0 fully saturated rings. The van der Waals surface area contributed by atoms with Crippen molar-refractivity contribution in [3.63, 3.8) is 0 Å². The molecule has 0 amide bonds. The molecule has 0 radical (unpaired) electrons. The van der Waals surface area contributed by atoms with Crippen LogP contribution in [-0.4, -0.2) is 12.2 Å². The average Bonchev–Trinajstić information content (AvgIpc) is 2.04. The number of rotatable bonds is 1. The maximum atomic E-state index is 5.71. The minimum atomic E-state index is 0.345. The van der Waals surface area contributed by atoms with Gasteiger partial charge in [0.2, 0.25) is 0 Å². The Kier molecular flexibility index (Phi) is 2.89. The monoisotopic (exact) mass is 200 g/mol. The Morgan fingerprint density at radius 2 is 1.92 bits per heavy atom. The maximum absolute atomic E-state index is 5.71. The van der Waals surface area contributed by atoms with E-state index in [0.29, 0.717) is 10.1 Å². The van der Waals surface area contributed by atoms with Crippen LogP contribution in [0.4, 0.5) is 5.69 Å². The van der Waals surface area contributed by atoms with E-state index in [9.17, 15) is 0 Å². The summed E-state index contributed by atoms with van der Waals surface area (Å²) in [6.45, 7) is 0. The summed E-state index contributed by atoms with van der Waals surface area (Å²) in [6.07, 6.45) is 0. The topological polar surface area (TPSA) is 29.3 Å². The van der Waals surface area contributed by atoms with Gasteiger partial charge < -0.3 is 10.6 Å². The van der Waals surface area contributed by atoms with Crippen LogP contribution in [0.1, 0.15) is 0 Å². The van der Waals surface area contributed by atoms with Crippen LogP contribution in [0.25, 0.3) is 0 Å². The highest BCUT2D eigenvalue weighted by Crippen LogP contribution is 2.16. The van der Waals surface area contributed by atoms with Crippen molar-refractivity contribution in [2.75, 3.05) is 11.9 Å². The largest absolute Gasteiger partial charge is 0.376 e.